The van der Waals surface area contributed by atoms with E-state index in [-0.39, 0.29) is 45.8 Å². The van der Waals surface area contributed by atoms with E-state index in [1.807, 2.05) is 0 Å². The molecule has 4 aromatic carbocycles. The molecule has 320 valence electrons. The van der Waals surface area contributed by atoms with E-state index in [1.54, 1.807) is 73.5 Å². The van der Waals surface area contributed by atoms with E-state index in [4.69, 9.17) is 0 Å². The van der Waals surface area contributed by atoms with Crippen LogP contribution in [0.5, 0.6) is 0 Å². The van der Waals surface area contributed by atoms with Crippen LogP contribution in [0.2, 0.25) is 0 Å². The summed E-state index contributed by atoms with van der Waals surface area (Å²) in [6, 6.07) is 24.4. The lowest BCUT2D eigenvalue weighted by Gasteiger charge is -2.09. The van der Waals surface area contributed by atoms with Crippen LogP contribution in [0, 0.1) is 25.5 Å². The van der Waals surface area contributed by atoms with Crippen LogP contribution in [0.1, 0.15) is 33.9 Å². The Bertz CT molecular complexity index is 3030. The molecule has 0 saturated carbocycles. The summed E-state index contributed by atoms with van der Waals surface area (Å²) in [5, 5.41) is 19.8. The fourth-order valence-corrected chi connectivity index (χ4v) is 11.0. The normalized spacial score (nSPS) is 11.8. The van der Waals surface area contributed by atoms with Gasteiger partial charge in [-0.2, -0.15) is 0 Å². The van der Waals surface area contributed by atoms with E-state index in [9.17, 15) is 45.4 Å². The summed E-state index contributed by atoms with van der Waals surface area (Å²) >= 11 is 0. The standard InChI is InChI=1S/2C22H20FN3O4S/c2*1-14-17(18-10-15(23)8-9-20(18)26(14)12-21(27)28)11-19-22(25(2)13-24-19)31(29,30)16-6-4-3-5-7-16/h2*3-10,13H,11-12H2,1-2H3,(H,27,28). The van der Waals surface area contributed by atoms with Crippen molar-refractivity contribution < 1.29 is 45.4 Å². The molecular weight excluding hydrogens is 843 g/mol. The molecule has 0 fully saturated rings. The average molecular weight is 883 g/mol. The van der Waals surface area contributed by atoms with Gasteiger partial charge >= 0.3 is 11.9 Å². The topological polar surface area (TPSA) is 188 Å². The summed E-state index contributed by atoms with van der Waals surface area (Å²) < 4.78 is 87.2. The summed E-state index contributed by atoms with van der Waals surface area (Å²) in [6.07, 6.45) is 3.08. The lowest BCUT2D eigenvalue weighted by molar-refractivity contribution is -0.138. The van der Waals surface area contributed by atoms with Gasteiger partial charge in [-0.25, -0.2) is 35.6 Å². The first kappa shape index (κ1) is 43.2. The van der Waals surface area contributed by atoms with E-state index >= 15 is 0 Å². The molecule has 4 heterocycles. The van der Waals surface area contributed by atoms with Gasteiger partial charge < -0.3 is 28.5 Å². The molecule has 4 aromatic heterocycles. The van der Waals surface area contributed by atoms with Crippen LogP contribution in [-0.4, -0.2) is 67.2 Å². The minimum Gasteiger partial charge on any atom is -0.480 e. The van der Waals surface area contributed by atoms with Crippen LogP contribution in [0.25, 0.3) is 21.8 Å². The number of aliphatic carboxylic acids is 2. The molecule has 0 radical (unpaired) electrons. The monoisotopic (exact) mass is 882 g/mol. The second kappa shape index (κ2) is 16.9. The van der Waals surface area contributed by atoms with Crippen LogP contribution in [0.4, 0.5) is 8.78 Å². The summed E-state index contributed by atoms with van der Waals surface area (Å²) in [7, 11) is -4.47. The van der Waals surface area contributed by atoms with Gasteiger partial charge in [0, 0.05) is 60.1 Å². The Morgan fingerprint density at radius 3 is 1.27 bits per heavy atom. The first-order valence-corrected chi connectivity index (χ1v) is 22.0. The maximum Gasteiger partial charge on any atom is 0.323 e. The maximum absolute atomic E-state index is 14.0. The number of rotatable bonds is 12. The number of halogens is 2. The molecule has 8 aromatic rings. The molecule has 0 saturated heterocycles. The quantitative estimate of drug-likeness (QED) is 0.134. The molecule has 14 nitrogen and oxygen atoms in total. The van der Waals surface area contributed by atoms with Crippen molar-refractivity contribution in [1.29, 1.82) is 0 Å². The molecule has 0 aliphatic rings. The summed E-state index contributed by atoms with van der Waals surface area (Å²) in [6.45, 7) is 2.91. The number of aromatic nitrogens is 6. The zero-order valence-electron chi connectivity index (χ0n) is 33.8. The smallest absolute Gasteiger partial charge is 0.323 e. The van der Waals surface area contributed by atoms with Gasteiger partial charge in [0.2, 0.25) is 19.7 Å². The van der Waals surface area contributed by atoms with Crippen molar-refractivity contribution in [3.63, 3.8) is 0 Å². The number of benzene rings is 4. The van der Waals surface area contributed by atoms with E-state index < -0.39 is 43.2 Å². The number of hydrogen-bond donors (Lipinski definition) is 2. The SMILES string of the molecule is Cc1c(Cc2ncn(C)c2S(=O)(=O)c2ccccc2)c2cc(F)ccc2n1CC(=O)O.Cc1c(Cc2ncn(C)c2S(=O)(=O)c2ccccc2)c2cc(F)ccc2n1CC(=O)O. The van der Waals surface area contributed by atoms with Crippen molar-refractivity contribution in [1.82, 2.24) is 28.2 Å². The Kier molecular flexibility index (Phi) is 11.7. The molecule has 0 aliphatic heterocycles. The number of hydrogen-bond acceptors (Lipinski definition) is 8. The Morgan fingerprint density at radius 1 is 0.581 bits per heavy atom. The van der Waals surface area contributed by atoms with Crippen molar-refractivity contribution in [3.05, 3.63) is 155 Å². The van der Waals surface area contributed by atoms with E-state index in [0.717, 1.165) is 0 Å². The fourth-order valence-electron chi connectivity index (χ4n) is 7.80. The van der Waals surface area contributed by atoms with Crippen molar-refractivity contribution in [2.75, 3.05) is 0 Å². The van der Waals surface area contributed by atoms with Crippen LogP contribution in [0.3, 0.4) is 0 Å². The fraction of sp³-hybridized carbons (Fsp3) is 0.182. The minimum absolute atomic E-state index is 0.0497. The van der Waals surface area contributed by atoms with Gasteiger partial charge in [0.05, 0.1) is 33.8 Å². The number of fused-ring (bicyclic) bond motifs is 2. The first-order valence-electron chi connectivity index (χ1n) is 19.0. The highest BCUT2D eigenvalue weighted by Crippen LogP contribution is 2.33. The Morgan fingerprint density at radius 2 is 0.935 bits per heavy atom. The lowest BCUT2D eigenvalue weighted by atomic mass is 10.1. The van der Waals surface area contributed by atoms with E-state index in [0.29, 0.717) is 55.7 Å². The van der Waals surface area contributed by atoms with E-state index in [1.165, 1.54) is 82.5 Å². The van der Waals surface area contributed by atoms with Crippen LogP contribution >= 0.6 is 0 Å². The lowest BCUT2D eigenvalue weighted by Crippen LogP contribution is -2.11. The van der Waals surface area contributed by atoms with Crippen molar-refractivity contribution in [2.24, 2.45) is 14.1 Å². The molecule has 0 bridgehead atoms. The second-order valence-electron chi connectivity index (χ2n) is 14.6. The predicted molar refractivity (Wildman–Crippen MR) is 224 cm³/mol. The maximum atomic E-state index is 14.0. The van der Waals surface area contributed by atoms with Crippen molar-refractivity contribution >= 4 is 53.4 Å². The molecule has 0 unspecified atom stereocenters. The van der Waals surface area contributed by atoms with Gasteiger partial charge in [-0.3, -0.25) is 9.59 Å². The zero-order valence-corrected chi connectivity index (χ0v) is 35.5. The molecule has 18 heteroatoms. The highest BCUT2D eigenvalue weighted by molar-refractivity contribution is 7.91. The average Bonchev–Trinajstić information content (AvgIpc) is 3.94. The van der Waals surface area contributed by atoms with Crippen LogP contribution < -0.4 is 0 Å². The minimum atomic E-state index is -3.84. The third kappa shape index (κ3) is 8.13. The Labute approximate surface area is 354 Å². The molecular formula is C44H40F2N6O8S2. The number of carbonyl (C=O) groups is 2. The highest BCUT2D eigenvalue weighted by atomic mass is 32.2. The zero-order chi connectivity index (χ0) is 44.7. The van der Waals surface area contributed by atoms with Gasteiger partial charge in [-0.15, -0.1) is 0 Å². The van der Waals surface area contributed by atoms with Gasteiger partial charge in [0.15, 0.2) is 10.1 Å². The third-order valence-electron chi connectivity index (χ3n) is 10.6. The number of aryl methyl sites for hydroxylation is 2. The first-order chi connectivity index (χ1) is 29.4. The summed E-state index contributed by atoms with van der Waals surface area (Å²) in [4.78, 5) is 31.6. The van der Waals surface area contributed by atoms with Crippen LogP contribution in [-0.2, 0) is 69.3 Å². The van der Waals surface area contributed by atoms with Gasteiger partial charge in [0.25, 0.3) is 0 Å². The van der Waals surface area contributed by atoms with E-state index in [2.05, 4.69) is 9.97 Å². The highest BCUT2D eigenvalue weighted by Gasteiger charge is 2.29. The second-order valence-corrected chi connectivity index (χ2v) is 18.3. The predicted octanol–water partition coefficient (Wildman–Crippen LogP) is 6.66. The summed E-state index contributed by atoms with van der Waals surface area (Å²) in [5.74, 6) is -2.97. The number of carboxylic acid groups (broad SMARTS) is 2. The van der Waals surface area contributed by atoms with Crippen LogP contribution in [0.15, 0.2) is 130 Å². The Balaban J connectivity index is 0.000000186. The number of imidazole rings is 2. The van der Waals surface area contributed by atoms with Gasteiger partial charge in [-0.05, 0) is 85.6 Å². The molecule has 62 heavy (non-hydrogen) atoms. The molecule has 0 spiro atoms. The summed E-state index contributed by atoms with van der Waals surface area (Å²) in [5.41, 5.74) is 4.28. The Hall–Kier alpha value is -6.92. The molecule has 0 amide bonds. The number of carboxylic acids is 2. The van der Waals surface area contributed by atoms with Gasteiger partial charge in [-0.1, -0.05) is 36.4 Å². The van der Waals surface area contributed by atoms with Crippen molar-refractivity contribution in [2.45, 2.75) is 59.6 Å². The number of nitrogens with zero attached hydrogens (tertiary/aromatic N) is 6. The molecule has 8 rings (SSSR count). The van der Waals surface area contributed by atoms with Crippen molar-refractivity contribution in [3.8, 4) is 0 Å². The largest absolute Gasteiger partial charge is 0.480 e. The van der Waals surface area contributed by atoms with Gasteiger partial charge in [0.1, 0.15) is 24.7 Å². The molecule has 2 N–H and O–H groups in total. The molecule has 0 aliphatic carbocycles. The number of sulfone groups is 2. The third-order valence-corrected chi connectivity index (χ3v) is 14.5. The molecule has 0 atom stereocenters.